The van der Waals surface area contributed by atoms with Crippen molar-refractivity contribution in [2.75, 3.05) is 4.90 Å². The van der Waals surface area contributed by atoms with Crippen molar-refractivity contribution in [2.45, 2.75) is 23.4 Å². The first-order valence-electron chi connectivity index (χ1n) is 10.2. The van der Waals surface area contributed by atoms with E-state index < -0.39 is 0 Å². The van der Waals surface area contributed by atoms with E-state index in [1.165, 1.54) is 16.0 Å². The third-order valence-electron chi connectivity index (χ3n) is 6.53. The number of nitrogens with zero attached hydrogens (tertiary/aromatic N) is 2. The van der Waals surface area contributed by atoms with Gasteiger partial charge in [-0.3, -0.25) is 9.59 Å². The zero-order valence-corrected chi connectivity index (χ0v) is 18.1. The topological polar surface area (TPSA) is 50.3 Å². The van der Waals surface area contributed by atoms with Gasteiger partial charge in [-0.1, -0.05) is 53.7 Å². The number of anilines is 1. The number of hydrogen-bond acceptors (Lipinski definition) is 5. The summed E-state index contributed by atoms with van der Waals surface area (Å²) < 4.78 is 2.01. The Labute approximate surface area is 183 Å². The van der Waals surface area contributed by atoms with Crippen LogP contribution in [0.4, 0.5) is 5.69 Å². The molecule has 150 valence electrons. The molecule has 1 saturated heterocycles. The molecule has 6 heteroatoms. The SMILES string of the molecule is Cc1cccc(CSc2nc3ccc(N4C(=O)[C@@H]5[C@@H](C4=O)[C@H]4C=C[C@H]5C4)cc3s2)c1. The quantitative estimate of drug-likeness (QED) is 0.323. The lowest BCUT2D eigenvalue weighted by Gasteiger charge is -2.17. The summed E-state index contributed by atoms with van der Waals surface area (Å²) in [5.41, 5.74) is 4.14. The molecule has 0 spiro atoms. The summed E-state index contributed by atoms with van der Waals surface area (Å²) in [4.78, 5) is 32.3. The fraction of sp³-hybridized carbons (Fsp3) is 0.292. The molecular weight excluding hydrogens is 412 g/mol. The van der Waals surface area contributed by atoms with Crippen molar-refractivity contribution in [2.24, 2.45) is 23.7 Å². The molecule has 2 aliphatic carbocycles. The Morgan fingerprint density at radius 1 is 1.07 bits per heavy atom. The lowest BCUT2D eigenvalue weighted by atomic mass is 9.85. The van der Waals surface area contributed by atoms with E-state index in [4.69, 9.17) is 4.98 Å². The Morgan fingerprint density at radius 2 is 1.83 bits per heavy atom. The number of allylic oxidation sites excluding steroid dienone is 2. The molecule has 4 nitrogen and oxygen atoms in total. The second kappa shape index (κ2) is 6.79. The first kappa shape index (κ1) is 18.3. The molecule has 3 aromatic rings. The van der Waals surface area contributed by atoms with Crippen LogP contribution in [0.3, 0.4) is 0 Å². The van der Waals surface area contributed by atoms with E-state index in [0.29, 0.717) is 5.69 Å². The largest absolute Gasteiger partial charge is 0.274 e. The number of carbonyl (C=O) groups excluding carboxylic acids is 2. The van der Waals surface area contributed by atoms with Gasteiger partial charge >= 0.3 is 0 Å². The maximum absolute atomic E-state index is 13.1. The van der Waals surface area contributed by atoms with Gasteiger partial charge in [0.1, 0.15) is 0 Å². The zero-order chi connectivity index (χ0) is 20.4. The lowest BCUT2D eigenvalue weighted by molar-refractivity contribution is -0.123. The van der Waals surface area contributed by atoms with Gasteiger partial charge in [0, 0.05) is 5.75 Å². The van der Waals surface area contributed by atoms with E-state index in [1.807, 2.05) is 18.2 Å². The van der Waals surface area contributed by atoms with Crippen LogP contribution in [0.15, 0.2) is 59.0 Å². The second-order valence-corrected chi connectivity index (χ2v) is 10.7. The Bertz CT molecular complexity index is 1200. The summed E-state index contributed by atoms with van der Waals surface area (Å²) in [6.07, 6.45) is 5.21. The monoisotopic (exact) mass is 432 g/mol. The van der Waals surface area contributed by atoms with Crippen LogP contribution in [0.25, 0.3) is 10.2 Å². The van der Waals surface area contributed by atoms with Crippen molar-refractivity contribution < 1.29 is 9.59 Å². The summed E-state index contributed by atoms with van der Waals surface area (Å²) >= 11 is 3.34. The van der Waals surface area contributed by atoms with Gasteiger partial charge in [0.2, 0.25) is 11.8 Å². The highest BCUT2D eigenvalue weighted by atomic mass is 32.2. The van der Waals surface area contributed by atoms with Crippen molar-refractivity contribution in [3.63, 3.8) is 0 Å². The van der Waals surface area contributed by atoms with Crippen molar-refractivity contribution in [1.29, 1.82) is 0 Å². The molecule has 2 heterocycles. The number of rotatable bonds is 4. The predicted octanol–water partition coefficient (Wildman–Crippen LogP) is 5.21. The maximum Gasteiger partial charge on any atom is 0.238 e. The second-order valence-electron chi connectivity index (χ2n) is 8.42. The number of aryl methyl sites for hydroxylation is 1. The maximum atomic E-state index is 13.1. The molecule has 3 aliphatic rings. The van der Waals surface area contributed by atoms with Gasteiger partial charge < -0.3 is 0 Å². The first-order chi connectivity index (χ1) is 14.6. The average Bonchev–Trinajstić information content (AvgIpc) is 3.49. The number of imide groups is 1. The van der Waals surface area contributed by atoms with Crippen LogP contribution in [0.1, 0.15) is 17.5 Å². The fourth-order valence-corrected chi connectivity index (χ4v) is 7.24. The van der Waals surface area contributed by atoms with Gasteiger partial charge in [-0.15, -0.1) is 11.3 Å². The van der Waals surface area contributed by atoms with Crippen molar-refractivity contribution in [3.8, 4) is 0 Å². The molecule has 4 atom stereocenters. The van der Waals surface area contributed by atoms with Crippen LogP contribution in [-0.4, -0.2) is 16.8 Å². The molecule has 2 fully saturated rings. The molecule has 1 aliphatic heterocycles. The van der Waals surface area contributed by atoms with Gasteiger partial charge in [-0.25, -0.2) is 9.88 Å². The van der Waals surface area contributed by atoms with Gasteiger partial charge in [-0.05, 0) is 48.9 Å². The summed E-state index contributed by atoms with van der Waals surface area (Å²) in [7, 11) is 0. The third kappa shape index (κ3) is 2.77. The van der Waals surface area contributed by atoms with Crippen molar-refractivity contribution in [1.82, 2.24) is 4.98 Å². The minimum atomic E-state index is -0.162. The van der Waals surface area contributed by atoms with Crippen LogP contribution < -0.4 is 4.90 Å². The van der Waals surface area contributed by atoms with E-state index >= 15 is 0 Å². The highest BCUT2D eigenvalue weighted by molar-refractivity contribution is 8.00. The smallest absolute Gasteiger partial charge is 0.238 e. The Morgan fingerprint density at radius 3 is 2.57 bits per heavy atom. The average molecular weight is 433 g/mol. The molecule has 0 unspecified atom stereocenters. The van der Waals surface area contributed by atoms with Gasteiger partial charge in [0.25, 0.3) is 0 Å². The van der Waals surface area contributed by atoms with Gasteiger partial charge in [-0.2, -0.15) is 0 Å². The van der Waals surface area contributed by atoms with Crippen LogP contribution >= 0.6 is 23.1 Å². The number of aromatic nitrogens is 1. The van der Waals surface area contributed by atoms with Crippen LogP contribution in [-0.2, 0) is 15.3 Å². The molecule has 0 N–H and O–H groups in total. The molecule has 2 aromatic carbocycles. The summed E-state index contributed by atoms with van der Waals surface area (Å²) in [6, 6.07) is 14.3. The van der Waals surface area contributed by atoms with Gasteiger partial charge in [0.05, 0.1) is 27.7 Å². The minimum Gasteiger partial charge on any atom is -0.274 e. The highest BCUT2D eigenvalue weighted by Crippen LogP contribution is 2.53. The van der Waals surface area contributed by atoms with Crippen LogP contribution in [0.2, 0.25) is 0 Å². The van der Waals surface area contributed by atoms with E-state index in [0.717, 1.165) is 26.7 Å². The first-order valence-corrected chi connectivity index (χ1v) is 12.0. The fourth-order valence-electron chi connectivity index (χ4n) is 5.20. The Kier molecular flexibility index (Phi) is 4.15. The number of benzene rings is 2. The van der Waals surface area contributed by atoms with E-state index in [1.54, 1.807) is 23.1 Å². The number of thiazole rings is 1. The standard InChI is InChI=1S/C24H20N2O2S2/c1-13-3-2-4-14(9-13)12-29-24-25-18-8-7-17(11-19(18)30-24)26-22(27)20-15-5-6-16(10-15)21(20)23(26)28/h2-9,11,15-16,20-21H,10,12H2,1H3/t15-,16-,20-,21-/m0/s1. The van der Waals surface area contributed by atoms with Crippen LogP contribution in [0.5, 0.6) is 0 Å². The third-order valence-corrected chi connectivity index (χ3v) is 8.76. The molecule has 1 aromatic heterocycles. The molecule has 0 radical (unpaired) electrons. The Balaban J connectivity index is 1.26. The van der Waals surface area contributed by atoms with Crippen molar-refractivity contribution in [3.05, 3.63) is 65.7 Å². The normalized spacial score (nSPS) is 26.9. The number of carbonyl (C=O) groups is 2. The minimum absolute atomic E-state index is 0.0280. The summed E-state index contributed by atoms with van der Waals surface area (Å²) in [5.74, 6) is 0.961. The predicted molar refractivity (Wildman–Crippen MR) is 121 cm³/mol. The number of thioether (sulfide) groups is 1. The molecule has 2 bridgehead atoms. The number of amides is 2. The lowest BCUT2D eigenvalue weighted by Crippen LogP contribution is -2.32. The van der Waals surface area contributed by atoms with E-state index in [9.17, 15) is 9.59 Å². The molecule has 30 heavy (non-hydrogen) atoms. The van der Waals surface area contributed by atoms with Crippen LogP contribution in [0, 0.1) is 30.6 Å². The number of hydrogen-bond donors (Lipinski definition) is 0. The summed E-state index contributed by atoms with van der Waals surface area (Å²) in [5, 5.41) is 0. The Hall–Kier alpha value is -2.44. The van der Waals surface area contributed by atoms with E-state index in [-0.39, 0.29) is 35.5 Å². The van der Waals surface area contributed by atoms with Crippen molar-refractivity contribution >= 4 is 50.8 Å². The molecule has 1 saturated carbocycles. The molecular formula is C24H20N2O2S2. The molecule has 6 rings (SSSR count). The zero-order valence-electron chi connectivity index (χ0n) is 16.4. The molecule has 2 amide bonds. The summed E-state index contributed by atoms with van der Waals surface area (Å²) in [6.45, 7) is 2.10. The van der Waals surface area contributed by atoms with Gasteiger partial charge in [0.15, 0.2) is 4.34 Å². The van der Waals surface area contributed by atoms with E-state index in [2.05, 4.69) is 43.3 Å². The highest BCUT2D eigenvalue weighted by Gasteiger charge is 2.59. The number of fused-ring (bicyclic) bond motifs is 6.